The molecule has 1 aliphatic rings. The van der Waals surface area contributed by atoms with E-state index in [9.17, 15) is 10.4 Å². The van der Waals surface area contributed by atoms with Crippen LogP contribution in [-0.2, 0) is 11.3 Å². The van der Waals surface area contributed by atoms with E-state index in [2.05, 4.69) is 23.1 Å². The highest BCUT2D eigenvalue weighted by Crippen LogP contribution is 2.25. The van der Waals surface area contributed by atoms with E-state index in [0.717, 1.165) is 19.5 Å². The van der Waals surface area contributed by atoms with Crippen LogP contribution in [0.15, 0.2) is 30.3 Å². The van der Waals surface area contributed by atoms with Crippen molar-refractivity contribution in [3.63, 3.8) is 0 Å². The standard InChI is InChI=1S/C19H28N2O2/c1-18(2,15-20)8-11-21(14-17-6-4-3-5-7-17)16-19(22)9-12-23-13-10-19/h3-7,22H,8-14,16H2,1-2H3. The molecule has 1 N–H and O–H groups in total. The molecule has 1 aromatic carbocycles. The number of hydrogen-bond acceptors (Lipinski definition) is 4. The lowest BCUT2D eigenvalue weighted by Crippen LogP contribution is -2.47. The van der Waals surface area contributed by atoms with Crippen molar-refractivity contribution in [2.75, 3.05) is 26.3 Å². The summed E-state index contributed by atoms with van der Waals surface area (Å²) in [6.07, 6.45) is 2.16. The van der Waals surface area contributed by atoms with Gasteiger partial charge in [0.15, 0.2) is 0 Å². The van der Waals surface area contributed by atoms with Crippen LogP contribution in [0.5, 0.6) is 0 Å². The third kappa shape index (κ3) is 5.95. The maximum absolute atomic E-state index is 10.8. The molecule has 1 fully saturated rings. The van der Waals surface area contributed by atoms with E-state index in [4.69, 9.17) is 4.74 Å². The summed E-state index contributed by atoms with van der Waals surface area (Å²) in [5.41, 5.74) is 0.217. The van der Waals surface area contributed by atoms with Crippen LogP contribution in [-0.4, -0.2) is 41.9 Å². The Bertz CT molecular complexity index is 516. The third-order valence-corrected chi connectivity index (χ3v) is 4.55. The minimum Gasteiger partial charge on any atom is -0.388 e. The topological polar surface area (TPSA) is 56.5 Å². The van der Waals surface area contributed by atoms with Gasteiger partial charge in [-0.1, -0.05) is 30.3 Å². The van der Waals surface area contributed by atoms with Crippen LogP contribution in [0.3, 0.4) is 0 Å². The maximum Gasteiger partial charge on any atom is 0.0818 e. The average Bonchev–Trinajstić information content (AvgIpc) is 2.54. The van der Waals surface area contributed by atoms with Gasteiger partial charge in [-0.3, -0.25) is 4.90 Å². The summed E-state index contributed by atoms with van der Waals surface area (Å²) < 4.78 is 5.37. The van der Waals surface area contributed by atoms with E-state index < -0.39 is 5.60 Å². The van der Waals surface area contributed by atoms with Gasteiger partial charge < -0.3 is 9.84 Å². The zero-order chi connectivity index (χ0) is 16.8. The number of ether oxygens (including phenoxy) is 1. The van der Waals surface area contributed by atoms with Crippen molar-refractivity contribution >= 4 is 0 Å². The normalized spacial score (nSPS) is 17.9. The quantitative estimate of drug-likeness (QED) is 0.840. The molecule has 126 valence electrons. The second-order valence-corrected chi connectivity index (χ2v) is 7.28. The van der Waals surface area contributed by atoms with Crippen LogP contribution in [0.4, 0.5) is 0 Å². The molecule has 23 heavy (non-hydrogen) atoms. The highest BCUT2D eigenvalue weighted by molar-refractivity contribution is 5.14. The SMILES string of the molecule is CC(C)(C#N)CCN(Cc1ccccc1)CC1(O)CCOCC1. The lowest BCUT2D eigenvalue weighted by Gasteiger charge is -2.37. The number of rotatable bonds is 7. The van der Waals surface area contributed by atoms with Crippen LogP contribution in [0.1, 0.15) is 38.7 Å². The molecule has 2 rings (SSSR count). The highest BCUT2D eigenvalue weighted by Gasteiger charge is 2.32. The first-order valence-corrected chi connectivity index (χ1v) is 8.40. The predicted octanol–water partition coefficient (Wildman–Crippen LogP) is 2.97. The first kappa shape index (κ1) is 17.9. The van der Waals surface area contributed by atoms with Gasteiger partial charge in [0.05, 0.1) is 17.1 Å². The fraction of sp³-hybridized carbons (Fsp3) is 0.632. The summed E-state index contributed by atoms with van der Waals surface area (Å²) >= 11 is 0. The molecule has 1 heterocycles. The van der Waals surface area contributed by atoms with Gasteiger partial charge in [0, 0.05) is 45.7 Å². The van der Waals surface area contributed by atoms with Crippen LogP contribution in [0, 0.1) is 16.7 Å². The molecule has 0 atom stereocenters. The summed E-state index contributed by atoms with van der Waals surface area (Å²) in [5, 5.41) is 20.1. The van der Waals surface area contributed by atoms with E-state index in [1.165, 1.54) is 5.56 Å². The van der Waals surface area contributed by atoms with Crippen molar-refractivity contribution < 1.29 is 9.84 Å². The summed E-state index contributed by atoms with van der Waals surface area (Å²) in [5.74, 6) is 0. The molecule has 0 bridgehead atoms. The molecule has 4 heteroatoms. The molecule has 1 aromatic rings. The van der Waals surface area contributed by atoms with E-state index >= 15 is 0 Å². The minimum atomic E-state index is -0.677. The highest BCUT2D eigenvalue weighted by atomic mass is 16.5. The first-order chi connectivity index (χ1) is 10.9. The fourth-order valence-electron chi connectivity index (χ4n) is 2.87. The molecule has 1 saturated heterocycles. The Balaban J connectivity index is 2.02. The van der Waals surface area contributed by atoms with Gasteiger partial charge in [-0.05, 0) is 25.8 Å². The molecule has 0 amide bonds. The van der Waals surface area contributed by atoms with Crippen LogP contribution in [0.25, 0.3) is 0 Å². The molecular formula is C19H28N2O2. The molecule has 1 aliphatic heterocycles. The average molecular weight is 316 g/mol. The summed E-state index contributed by atoms with van der Waals surface area (Å²) in [7, 11) is 0. The summed E-state index contributed by atoms with van der Waals surface area (Å²) in [6.45, 7) is 7.42. The van der Waals surface area contributed by atoms with Crippen molar-refractivity contribution in [3.8, 4) is 6.07 Å². The van der Waals surface area contributed by atoms with Gasteiger partial charge in [-0.25, -0.2) is 0 Å². The zero-order valence-corrected chi connectivity index (χ0v) is 14.3. The zero-order valence-electron chi connectivity index (χ0n) is 14.3. The fourth-order valence-corrected chi connectivity index (χ4v) is 2.87. The molecule has 0 saturated carbocycles. The second-order valence-electron chi connectivity index (χ2n) is 7.28. The first-order valence-electron chi connectivity index (χ1n) is 8.40. The Morgan fingerprint density at radius 3 is 2.52 bits per heavy atom. The molecule has 0 radical (unpaired) electrons. The van der Waals surface area contributed by atoms with E-state index in [1.807, 2.05) is 32.0 Å². The number of nitrogens with zero attached hydrogens (tertiary/aromatic N) is 2. The second kappa shape index (κ2) is 7.92. The largest absolute Gasteiger partial charge is 0.388 e. The Hall–Kier alpha value is -1.41. The van der Waals surface area contributed by atoms with Crippen molar-refractivity contribution in [1.29, 1.82) is 5.26 Å². The number of nitriles is 1. The lowest BCUT2D eigenvalue weighted by molar-refractivity contribution is -0.0815. The van der Waals surface area contributed by atoms with Gasteiger partial charge >= 0.3 is 0 Å². The smallest absolute Gasteiger partial charge is 0.0818 e. The van der Waals surface area contributed by atoms with Crippen molar-refractivity contribution in [2.24, 2.45) is 5.41 Å². The van der Waals surface area contributed by atoms with E-state index in [-0.39, 0.29) is 5.41 Å². The predicted molar refractivity (Wildman–Crippen MR) is 90.7 cm³/mol. The van der Waals surface area contributed by atoms with Crippen LogP contribution < -0.4 is 0 Å². The van der Waals surface area contributed by atoms with Gasteiger partial charge in [0.25, 0.3) is 0 Å². The molecule has 0 spiro atoms. The lowest BCUT2D eigenvalue weighted by atomic mass is 9.90. The monoisotopic (exact) mass is 316 g/mol. The molecule has 4 nitrogen and oxygen atoms in total. The Morgan fingerprint density at radius 1 is 1.26 bits per heavy atom. The van der Waals surface area contributed by atoms with Crippen molar-refractivity contribution in [3.05, 3.63) is 35.9 Å². The number of hydrogen-bond donors (Lipinski definition) is 1. The van der Waals surface area contributed by atoms with E-state index in [1.54, 1.807) is 0 Å². The van der Waals surface area contributed by atoms with Gasteiger partial charge in [0.2, 0.25) is 0 Å². The van der Waals surface area contributed by atoms with Crippen molar-refractivity contribution in [1.82, 2.24) is 4.90 Å². The molecule has 0 unspecified atom stereocenters. The van der Waals surface area contributed by atoms with Gasteiger partial charge in [-0.15, -0.1) is 0 Å². The molecule has 0 aromatic heterocycles. The van der Waals surface area contributed by atoms with Gasteiger partial charge in [-0.2, -0.15) is 5.26 Å². The number of benzene rings is 1. The Labute approximate surface area is 139 Å². The summed E-state index contributed by atoms with van der Waals surface area (Å²) in [6, 6.07) is 12.7. The van der Waals surface area contributed by atoms with Crippen LogP contribution in [0.2, 0.25) is 0 Å². The summed E-state index contributed by atoms with van der Waals surface area (Å²) in [4.78, 5) is 2.28. The van der Waals surface area contributed by atoms with Crippen molar-refractivity contribution in [2.45, 2.75) is 45.3 Å². The Kier molecular flexibility index (Phi) is 6.17. The number of aliphatic hydroxyl groups is 1. The van der Waals surface area contributed by atoms with Crippen LogP contribution >= 0.6 is 0 Å². The molecular weight excluding hydrogens is 288 g/mol. The molecule has 0 aliphatic carbocycles. The van der Waals surface area contributed by atoms with E-state index in [0.29, 0.717) is 32.6 Å². The van der Waals surface area contributed by atoms with Gasteiger partial charge in [0.1, 0.15) is 0 Å². The minimum absolute atomic E-state index is 0.340. The maximum atomic E-state index is 10.8. The third-order valence-electron chi connectivity index (χ3n) is 4.55. The Morgan fingerprint density at radius 2 is 1.91 bits per heavy atom.